The summed E-state index contributed by atoms with van der Waals surface area (Å²) in [7, 11) is 0.861. The van der Waals surface area contributed by atoms with Crippen LogP contribution in [-0.4, -0.2) is 38.3 Å². The van der Waals surface area contributed by atoms with E-state index in [1.54, 1.807) is 48.3 Å². The molecule has 1 heterocycles. The summed E-state index contributed by atoms with van der Waals surface area (Å²) in [5, 5.41) is 6.73. The molecule has 1 amide bonds. The molecule has 0 bridgehead atoms. The van der Waals surface area contributed by atoms with Crippen molar-refractivity contribution in [2.75, 3.05) is 23.8 Å². The Balaban J connectivity index is 1.82. The Kier molecular flexibility index (Phi) is 5.36. The summed E-state index contributed by atoms with van der Waals surface area (Å²) in [6, 6.07) is 14.2. The van der Waals surface area contributed by atoms with Gasteiger partial charge in [-0.1, -0.05) is 12.1 Å². The third-order valence-corrected chi connectivity index (χ3v) is 5.94. The zero-order valence-corrected chi connectivity index (χ0v) is 16.5. The van der Waals surface area contributed by atoms with Gasteiger partial charge in [0.15, 0.2) is 5.82 Å². The SMILES string of the molecule is COc1ccccc1N(C)S(=O)(=O)c1ccc(C(=O)Nc2ccn(C)n2)cc1. The molecule has 9 heteroatoms. The standard InChI is InChI=1S/C19H20N4O4S/c1-22-13-12-18(21-22)20-19(24)14-8-10-15(11-9-14)28(25,26)23(2)16-6-4-5-7-17(16)27-3/h4-13H,1-3H3,(H,20,21,24). The maximum atomic E-state index is 12.9. The van der Waals surface area contributed by atoms with E-state index in [1.165, 1.54) is 38.4 Å². The van der Waals surface area contributed by atoms with Gasteiger partial charge < -0.3 is 10.1 Å². The van der Waals surface area contributed by atoms with Gasteiger partial charge in [0, 0.05) is 31.9 Å². The maximum Gasteiger partial charge on any atom is 0.264 e. The number of hydrogen-bond donors (Lipinski definition) is 1. The molecule has 0 aliphatic rings. The lowest BCUT2D eigenvalue weighted by molar-refractivity contribution is 0.102. The first kappa shape index (κ1) is 19.4. The summed E-state index contributed by atoms with van der Waals surface area (Å²) in [5.74, 6) is 0.487. The first-order valence-electron chi connectivity index (χ1n) is 8.36. The van der Waals surface area contributed by atoms with Crippen LogP contribution in [0.25, 0.3) is 0 Å². The molecular formula is C19H20N4O4S. The van der Waals surface area contributed by atoms with Gasteiger partial charge in [0.05, 0.1) is 17.7 Å². The fraction of sp³-hybridized carbons (Fsp3) is 0.158. The van der Waals surface area contributed by atoms with Crippen LogP contribution in [0.2, 0.25) is 0 Å². The number of hydrogen-bond acceptors (Lipinski definition) is 5. The van der Waals surface area contributed by atoms with Crippen LogP contribution in [0.4, 0.5) is 11.5 Å². The number of aromatic nitrogens is 2. The molecule has 0 atom stereocenters. The largest absolute Gasteiger partial charge is 0.495 e. The van der Waals surface area contributed by atoms with E-state index in [1.807, 2.05) is 0 Å². The minimum atomic E-state index is -3.82. The van der Waals surface area contributed by atoms with Crippen LogP contribution in [0.1, 0.15) is 10.4 Å². The number of nitrogens with zero attached hydrogens (tertiary/aromatic N) is 3. The number of methoxy groups -OCH3 is 1. The topological polar surface area (TPSA) is 93.5 Å². The average Bonchev–Trinajstić information content (AvgIpc) is 3.11. The van der Waals surface area contributed by atoms with Gasteiger partial charge in [0.2, 0.25) is 0 Å². The second kappa shape index (κ2) is 7.73. The lowest BCUT2D eigenvalue weighted by Gasteiger charge is -2.21. The molecule has 0 aliphatic carbocycles. The van der Waals surface area contributed by atoms with E-state index in [2.05, 4.69) is 10.4 Å². The molecule has 3 rings (SSSR count). The van der Waals surface area contributed by atoms with E-state index >= 15 is 0 Å². The third-order valence-electron chi connectivity index (χ3n) is 4.15. The van der Waals surface area contributed by atoms with Crippen molar-refractivity contribution >= 4 is 27.4 Å². The van der Waals surface area contributed by atoms with Crippen LogP contribution in [0.15, 0.2) is 65.7 Å². The molecule has 0 aliphatic heterocycles. The lowest BCUT2D eigenvalue weighted by atomic mass is 10.2. The van der Waals surface area contributed by atoms with Crippen LogP contribution in [-0.2, 0) is 17.1 Å². The van der Waals surface area contributed by atoms with Crippen molar-refractivity contribution in [1.82, 2.24) is 9.78 Å². The summed E-state index contributed by atoms with van der Waals surface area (Å²) in [5.41, 5.74) is 0.742. The van der Waals surface area contributed by atoms with Crippen molar-refractivity contribution in [1.29, 1.82) is 0 Å². The van der Waals surface area contributed by atoms with Crippen LogP contribution in [0, 0.1) is 0 Å². The molecular weight excluding hydrogens is 380 g/mol. The molecule has 0 saturated heterocycles. The van der Waals surface area contributed by atoms with E-state index in [9.17, 15) is 13.2 Å². The minimum absolute atomic E-state index is 0.0651. The van der Waals surface area contributed by atoms with Crippen LogP contribution < -0.4 is 14.4 Å². The summed E-state index contributed by atoms with van der Waals surface area (Å²) in [6.07, 6.45) is 1.71. The Morgan fingerprint density at radius 1 is 1.11 bits per heavy atom. The summed E-state index contributed by atoms with van der Waals surface area (Å²) in [6.45, 7) is 0. The van der Waals surface area contributed by atoms with Gasteiger partial charge in [-0.3, -0.25) is 13.8 Å². The van der Waals surface area contributed by atoms with Gasteiger partial charge >= 0.3 is 0 Å². The van der Waals surface area contributed by atoms with E-state index < -0.39 is 10.0 Å². The quantitative estimate of drug-likeness (QED) is 0.686. The smallest absolute Gasteiger partial charge is 0.264 e. The van der Waals surface area contributed by atoms with Gasteiger partial charge in [-0.2, -0.15) is 5.10 Å². The predicted molar refractivity (Wildman–Crippen MR) is 106 cm³/mol. The average molecular weight is 400 g/mol. The fourth-order valence-electron chi connectivity index (χ4n) is 2.63. The van der Waals surface area contributed by atoms with Crippen molar-refractivity contribution in [3.8, 4) is 5.75 Å². The lowest BCUT2D eigenvalue weighted by Crippen LogP contribution is -2.27. The number of amides is 1. The van der Waals surface area contributed by atoms with Crippen molar-refractivity contribution in [3.05, 3.63) is 66.4 Å². The number of carbonyl (C=O) groups excluding carboxylic acids is 1. The van der Waals surface area contributed by atoms with Gasteiger partial charge in [-0.15, -0.1) is 0 Å². The van der Waals surface area contributed by atoms with Crippen molar-refractivity contribution in [2.45, 2.75) is 4.90 Å². The van der Waals surface area contributed by atoms with Gasteiger partial charge in [0.25, 0.3) is 15.9 Å². The van der Waals surface area contributed by atoms with E-state index in [4.69, 9.17) is 4.74 Å². The number of nitrogens with one attached hydrogen (secondary N) is 1. The van der Waals surface area contributed by atoms with Crippen molar-refractivity contribution in [3.63, 3.8) is 0 Å². The normalized spacial score (nSPS) is 11.1. The highest BCUT2D eigenvalue weighted by molar-refractivity contribution is 7.92. The van der Waals surface area contributed by atoms with E-state index in [0.717, 1.165) is 4.31 Å². The molecule has 2 aromatic carbocycles. The van der Waals surface area contributed by atoms with Crippen molar-refractivity contribution < 1.29 is 17.9 Å². The molecule has 146 valence electrons. The van der Waals surface area contributed by atoms with Crippen molar-refractivity contribution in [2.24, 2.45) is 7.05 Å². The number of anilines is 2. The summed E-state index contributed by atoms with van der Waals surface area (Å²) in [4.78, 5) is 12.4. The number of carbonyl (C=O) groups is 1. The van der Waals surface area contributed by atoms with Gasteiger partial charge in [0.1, 0.15) is 5.75 Å². The van der Waals surface area contributed by atoms with Crippen LogP contribution >= 0.6 is 0 Å². The maximum absolute atomic E-state index is 12.9. The Morgan fingerprint density at radius 3 is 2.39 bits per heavy atom. The molecule has 28 heavy (non-hydrogen) atoms. The Labute approximate surface area is 163 Å². The van der Waals surface area contributed by atoms with Gasteiger partial charge in [-0.05, 0) is 36.4 Å². The Bertz CT molecular complexity index is 1090. The molecule has 8 nitrogen and oxygen atoms in total. The third kappa shape index (κ3) is 3.84. The minimum Gasteiger partial charge on any atom is -0.495 e. The van der Waals surface area contributed by atoms with E-state index in [-0.39, 0.29) is 10.8 Å². The zero-order valence-electron chi connectivity index (χ0n) is 15.7. The van der Waals surface area contributed by atoms with Gasteiger partial charge in [-0.25, -0.2) is 8.42 Å². The number of para-hydroxylation sites is 2. The number of aryl methyl sites for hydroxylation is 1. The molecule has 0 spiro atoms. The second-order valence-electron chi connectivity index (χ2n) is 6.00. The zero-order chi connectivity index (χ0) is 20.3. The molecule has 1 aromatic heterocycles. The number of rotatable bonds is 6. The molecule has 0 unspecified atom stereocenters. The van der Waals surface area contributed by atoms with Crippen LogP contribution in [0.3, 0.4) is 0 Å². The fourth-order valence-corrected chi connectivity index (χ4v) is 3.83. The summed E-state index contributed by atoms with van der Waals surface area (Å²) < 4.78 is 33.8. The summed E-state index contributed by atoms with van der Waals surface area (Å²) >= 11 is 0. The highest BCUT2D eigenvalue weighted by atomic mass is 32.2. The van der Waals surface area contributed by atoms with Crippen LogP contribution in [0.5, 0.6) is 5.75 Å². The molecule has 1 N–H and O–H groups in total. The number of benzene rings is 2. The predicted octanol–water partition coefficient (Wildman–Crippen LogP) is 2.51. The molecule has 0 fully saturated rings. The highest BCUT2D eigenvalue weighted by Gasteiger charge is 2.24. The first-order chi connectivity index (χ1) is 13.3. The Hall–Kier alpha value is -3.33. The number of sulfonamides is 1. The molecule has 0 saturated carbocycles. The van der Waals surface area contributed by atoms with E-state index in [0.29, 0.717) is 22.8 Å². The second-order valence-corrected chi connectivity index (χ2v) is 7.97. The molecule has 0 radical (unpaired) electrons. The number of ether oxygens (including phenoxy) is 1. The monoisotopic (exact) mass is 400 g/mol. The highest BCUT2D eigenvalue weighted by Crippen LogP contribution is 2.30. The first-order valence-corrected chi connectivity index (χ1v) is 9.80. The molecule has 3 aromatic rings. The Morgan fingerprint density at radius 2 is 1.79 bits per heavy atom.